The molecule has 0 saturated carbocycles. The maximum absolute atomic E-state index is 15.4. The summed E-state index contributed by atoms with van der Waals surface area (Å²) in [6.45, 7) is -2.07. The quantitative estimate of drug-likeness (QED) is 0.132. The van der Waals surface area contributed by atoms with Gasteiger partial charge in [0.2, 0.25) is 0 Å². The lowest BCUT2D eigenvalue weighted by molar-refractivity contribution is 0.0596. The van der Waals surface area contributed by atoms with E-state index in [1.165, 1.54) is 58.8 Å². The standard InChI is InChI=1S/C42H66N30O6/c1-49-19-20(50(2)31(49)43)62-14-64-23-24(54(6)33(45)53(23)5)66(39(64)75)16-68-27-28(58(10)35(47)57(27)9)70(41(68)77)18-72-30-29(59(11)36(48)60(30)12)71(42(72)78)17-69-26-25(55(7)34(46)56(26)8)67(40(69)76)15-65-22-21(51(3)32(44)52(22)4)63(38(65)74)13-61(19)37(62)73/h19-30,43-48H,13-18H2,1-12H3. The molecule has 13 saturated heterocycles. The van der Waals surface area contributed by atoms with Crippen molar-refractivity contribution in [2.75, 3.05) is 125 Å². The van der Waals surface area contributed by atoms with Gasteiger partial charge < -0.3 is 58.8 Å². The van der Waals surface area contributed by atoms with Gasteiger partial charge in [-0.25, -0.2) is 28.8 Å². The van der Waals surface area contributed by atoms with E-state index < -0.39 is 110 Å². The molecule has 420 valence electrons. The van der Waals surface area contributed by atoms with Crippen LogP contribution in [0.25, 0.3) is 0 Å². The third-order valence-corrected chi connectivity index (χ3v) is 19.0. The van der Waals surface area contributed by atoms with Gasteiger partial charge in [0, 0.05) is 84.6 Å². The molecule has 6 N–H and O–H groups in total. The zero-order chi connectivity index (χ0) is 56.0. The van der Waals surface area contributed by atoms with Crippen LogP contribution >= 0.6 is 0 Å². The Kier molecular flexibility index (Phi) is 9.69. The van der Waals surface area contributed by atoms with Gasteiger partial charge in [0.05, 0.1) is 0 Å². The van der Waals surface area contributed by atoms with E-state index in [4.69, 9.17) is 32.5 Å². The van der Waals surface area contributed by atoms with Gasteiger partial charge in [-0.05, 0) is 0 Å². The van der Waals surface area contributed by atoms with Crippen LogP contribution in [0.2, 0.25) is 0 Å². The summed E-state index contributed by atoms with van der Waals surface area (Å²) in [6, 6.07) is -3.42. The first-order chi connectivity index (χ1) is 36.8. The summed E-state index contributed by atoms with van der Waals surface area (Å²) >= 11 is 0. The molecule has 13 rings (SSSR count). The number of fused-ring (bicyclic) bond motifs is 30. The summed E-state index contributed by atoms with van der Waals surface area (Å²) < 4.78 is 0. The van der Waals surface area contributed by atoms with Crippen molar-refractivity contribution in [2.45, 2.75) is 74.0 Å². The molecule has 36 nitrogen and oxygen atoms in total. The first-order valence-corrected chi connectivity index (χ1v) is 25.4. The number of nitrogens with zero attached hydrogens (tertiary/aromatic N) is 24. The molecule has 0 aliphatic carbocycles. The number of hydrogen-bond donors (Lipinski definition) is 6. The largest absolute Gasteiger partial charge is 0.326 e. The molecule has 12 atom stereocenters. The predicted octanol–water partition coefficient (Wildman–Crippen LogP) is -5.04. The maximum Gasteiger partial charge on any atom is 0.326 e. The molecule has 13 aliphatic heterocycles. The van der Waals surface area contributed by atoms with Crippen LogP contribution < -0.4 is 0 Å². The van der Waals surface area contributed by atoms with E-state index in [1.807, 2.05) is 0 Å². The summed E-state index contributed by atoms with van der Waals surface area (Å²) in [7, 11) is 20.1. The van der Waals surface area contributed by atoms with Crippen LogP contribution in [0.5, 0.6) is 0 Å². The molecule has 0 aromatic carbocycles. The van der Waals surface area contributed by atoms with Crippen LogP contribution in [-0.2, 0) is 0 Å². The molecule has 0 aromatic rings. The van der Waals surface area contributed by atoms with Gasteiger partial charge in [0.25, 0.3) is 0 Å². The van der Waals surface area contributed by atoms with Gasteiger partial charge in [-0.3, -0.25) is 91.3 Å². The van der Waals surface area contributed by atoms with Gasteiger partial charge in [-0.15, -0.1) is 0 Å². The molecule has 13 heterocycles. The lowest BCUT2D eigenvalue weighted by Gasteiger charge is -2.36. The molecule has 0 radical (unpaired) electrons. The minimum atomic E-state index is -0.870. The Hall–Kier alpha value is -8.76. The summed E-state index contributed by atoms with van der Waals surface area (Å²) in [4.78, 5) is 130. The highest BCUT2D eigenvalue weighted by Gasteiger charge is 2.67. The van der Waals surface area contributed by atoms with Crippen molar-refractivity contribution in [1.29, 1.82) is 32.5 Å². The topological polar surface area (TPSA) is 323 Å². The van der Waals surface area contributed by atoms with Gasteiger partial charge >= 0.3 is 36.2 Å². The van der Waals surface area contributed by atoms with E-state index in [1.54, 1.807) is 143 Å². The smallest absolute Gasteiger partial charge is 0.322 e. The highest BCUT2D eigenvalue weighted by atomic mass is 16.2. The zero-order valence-corrected chi connectivity index (χ0v) is 45.4. The maximum atomic E-state index is 15.4. The van der Waals surface area contributed by atoms with E-state index in [2.05, 4.69) is 0 Å². The SMILES string of the molecule is CN1C(=N)N(C)C2C1N1CN3C(=O)N(CN4C(=O)N(CN5C(=O)N(CN6C(=O)N(CN7C(=O)N(CN2C1=O)C1C7N(C)C(=N)N1C)C1C6N(C)C(=N)N1C)C1C5N(C)C(=N)N1C)C1C4N(C)C(=N)N1C)C1C3N(C)C(=N)N1C. The van der Waals surface area contributed by atoms with Crippen molar-refractivity contribution in [1.82, 2.24) is 118 Å². The summed E-state index contributed by atoms with van der Waals surface area (Å²) in [5, 5.41) is 55.0. The van der Waals surface area contributed by atoms with E-state index in [9.17, 15) is 0 Å². The normalized spacial score (nSPS) is 35.8. The van der Waals surface area contributed by atoms with Crippen molar-refractivity contribution < 1.29 is 28.8 Å². The van der Waals surface area contributed by atoms with Crippen LogP contribution in [0, 0.1) is 32.5 Å². The molecule has 12 amide bonds. The second-order valence-corrected chi connectivity index (χ2v) is 22.4. The minimum Gasteiger partial charge on any atom is -0.322 e. The summed E-state index contributed by atoms with van der Waals surface area (Å²) in [5.41, 5.74) is 0. The molecule has 12 bridgehead atoms. The van der Waals surface area contributed by atoms with Crippen LogP contribution in [0.15, 0.2) is 0 Å². The monoisotopic (exact) mass is 1090 g/mol. The molecule has 0 spiro atoms. The van der Waals surface area contributed by atoms with Crippen LogP contribution in [0.4, 0.5) is 28.8 Å². The molecule has 0 aromatic heterocycles. The van der Waals surface area contributed by atoms with Crippen molar-refractivity contribution >= 4 is 71.9 Å². The Morgan fingerprint density at radius 1 is 0.205 bits per heavy atom. The van der Waals surface area contributed by atoms with E-state index in [0.717, 1.165) is 0 Å². The third-order valence-electron chi connectivity index (χ3n) is 19.0. The third kappa shape index (κ3) is 5.52. The number of carbonyl (C=O) groups is 6. The van der Waals surface area contributed by atoms with Crippen molar-refractivity contribution in [3.8, 4) is 0 Å². The van der Waals surface area contributed by atoms with Crippen LogP contribution in [0.3, 0.4) is 0 Å². The highest BCUT2D eigenvalue weighted by Crippen LogP contribution is 2.44. The fraction of sp³-hybridized carbons (Fsp3) is 0.714. The number of amides is 12. The first kappa shape index (κ1) is 48.9. The number of hydrogen-bond acceptors (Lipinski definition) is 12. The predicted molar refractivity (Wildman–Crippen MR) is 269 cm³/mol. The molecule has 13 fully saturated rings. The average molecular weight is 1090 g/mol. The number of carbonyl (C=O) groups excluding carboxylic acids is 6. The lowest BCUT2D eigenvalue weighted by atomic mass is 10.3. The Bertz CT molecular complexity index is 2220. The molecular formula is C42H66N30O6. The molecule has 36 heteroatoms. The number of urea groups is 6. The van der Waals surface area contributed by atoms with Gasteiger partial charge in [-0.1, -0.05) is 0 Å². The molecule has 78 heavy (non-hydrogen) atoms. The number of likely N-dealkylation sites (N-methyl/N-ethyl adjacent to an activating group) is 12. The average Bonchev–Trinajstić information content (AvgIpc) is 4.37. The fourth-order valence-corrected chi connectivity index (χ4v) is 14.9. The van der Waals surface area contributed by atoms with Crippen molar-refractivity contribution in [3.63, 3.8) is 0 Å². The number of rotatable bonds is 0. The summed E-state index contributed by atoms with van der Waals surface area (Å²) in [6.07, 6.45) is -10.4. The van der Waals surface area contributed by atoms with Crippen LogP contribution in [-0.4, -0.2) is 388 Å². The number of guanidine groups is 6. The second kappa shape index (κ2) is 15.5. The molecular weight excluding hydrogens is 1020 g/mol. The fourth-order valence-electron chi connectivity index (χ4n) is 14.9. The van der Waals surface area contributed by atoms with Gasteiger partial charge in [0.1, 0.15) is 114 Å². The van der Waals surface area contributed by atoms with E-state index >= 15 is 28.8 Å². The Morgan fingerprint density at radius 3 is 0.359 bits per heavy atom. The molecule has 12 unspecified atom stereocenters. The van der Waals surface area contributed by atoms with Gasteiger partial charge in [-0.2, -0.15) is 0 Å². The Morgan fingerprint density at radius 2 is 0.282 bits per heavy atom. The molecule has 13 aliphatic rings. The van der Waals surface area contributed by atoms with Crippen molar-refractivity contribution in [2.24, 2.45) is 0 Å². The first-order valence-electron chi connectivity index (χ1n) is 25.4. The summed E-state index contributed by atoms with van der Waals surface area (Å²) in [5.74, 6) is 0.377. The van der Waals surface area contributed by atoms with Gasteiger partial charge in [0.15, 0.2) is 35.8 Å². The number of nitrogens with one attached hydrogen (secondary N) is 6. The minimum absolute atomic E-state index is 0.0628. The van der Waals surface area contributed by atoms with Crippen LogP contribution in [0.1, 0.15) is 0 Å². The Labute approximate surface area is 448 Å². The van der Waals surface area contributed by atoms with Crippen molar-refractivity contribution in [3.05, 3.63) is 0 Å². The van der Waals surface area contributed by atoms with E-state index in [0.29, 0.717) is 0 Å². The zero-order valence-electron chi connectivity index (χ0n) is 45.4. The highest BCUT2D eigenvalue weighted by molar-refractivity contribution is 5.93. The second-order valence-electron chi connectivity index (χ2n) is 22.4. The Balaban J connectivity index is 0.952. The van der Waals surface area contributed by atoms with E-state index in [-0.39, 0.29) is 75.8 Å². The lowest BCUT2D eigenvalue weighted by Crippen LogP contribution is -2.56.